The molecule has 0 aromatic heterocycles. The first-order valence-electron chi connectivity index (χ1n) is 5.30. The molecule has 1 amide bonds. The van der Waals surface area contributed by atoms with E-state index in [4.69, 9.17) is 0 Å². The van der Waals surface area contributed by atoms with E-state index in [1.54, 1.807) is 6.92 Å². The number of hydrogen-bond acceptors (Lipinski definition) is 3. The quantitative estimate of drug-likeness (QED) is 0.523. The average Bonchev–Trinajstić information content (AvgIpc) is 2.94. The van der Waals surface area contributed by atoms with E-state index in [0.717, 1.165) is 12.8 Å². The molecule has 3 N–H and O–H groups in total. The largest absolute Gasteiger partial charge is 0.392 e. The van der Waals surface area contributed by atoms with Gasteiger partial charge in [0.2, 0.25) is 5.91 Å². The zero-order valence-electron chi connectivity index (χ0n) is 8.92. The fourth-order valence-corrected chi connectivity index (χ4v) is 1.15. The highest BCUT2D eigenvalue weighted by atomic mass is 16.3. The summed E-state index contributed by atoms with van der Waals surface area (Å²) in [7, 11) is 0. The molecule has 0 aliphatic heterocycles. The zero-order valence-corrected chi connectivity index (χ0v) is 8.92. The summed E-state index contributed by atoms with van der Waals surface area (Å²) in [4.78, 5) is 11.2. The lowest BCUT2D eigenvalue weighted by molar-refractivity contribution is -0.122. The van der Waals surface area contributed by atoms with E-state index in [-0.39, 0.29) is 24.0 Å². The van der Waals surface area contributed by atoms with Crippen molar-refractivity contribution in [2.24, 2.45) is 5.92 Å². The molecule has 1 saturated carbocycles. The van der Waals surface area contributed by atoms with Crippen molar-refractivity contribution in [3.05, 3.63) is 0 Å². The van der Waals surface area contributed by atoms with Gasteiger partial charge in [-0.25, -0.2) is 0 Å². The zero-order chi connectivity index (χ0) is 10.6. The number of carbonyl (C=O) groups is 1. The summed E-state index contributed by atoms with van der Waals surface area (Å²) in [5.74, 6) is 0.459. The second-order valence-corrected chi connectivity index (χ2v) is 4.05. The monoisotopic (exact) mass is 200 g/mol. The summed E-state index contributed by atoms with van der Waals surface area (Å²) in [6, 6.07) is 0.0767. The third-order valence-electron chi connectivity index (χ3n) is 2.56. The van der Waals surface area contributed by atoms with Gasteiger partial charge in [-0.2, -0.15) is 0 Å². The fourth-order valence-electron chi connectivity index (χ4n) is 1.15. The Labute approximate surface area is 85.1 Å². The van der Waals surface area contributed by atoms with Crippen LogP contribution in [0.3, 0.4) is 0 Å². The Bertz CT molecular complexity index is 191. The van der Waals surface area contributed by atoms with Crippen LogP contribution in [0.25, 0.3) is 0 Å². The number of aliphatic hydroxyl groups is 1. The predicted octanol–water partition coefficient (Wildman–Crippen LogP) is -0.128. The van der Waals surface area contributed by atoms with Crippen molar-refractivity contribution < 1.29 is 9.90 Å². The summed E-state index contributed by atoms with van der Waals surface area (Å²) >= 11 is 0. The van der Waals surface area contributed by atoms with Gasteiger partial charge in [-0.3, -0.25) is 4.79 Å². The molecular weight excluding hydrogens is 180 g/mol. The third kappa shape index (κ3) is 4.07. The highest BCUT2D eigenvalue weighted by molar-refractivity contribution is 5.80. The topological polar surface area (TPSA) is 61.4 Å². The van der Waals surface area contributed by atoms with Crippen LogP contribution >= 0.6 is 0 Å². The molecule has 1 rings (SSSR count). The van der Waals surface area contributed by atoms with Gasteiger partial charge in [0, 0.05) is 25.0 Å². The van der Waals surface area contributed by atoms with Gasteiger partial charge < -0.3 is 15.7 Å². The highest BCUT2D eigenvalue weighted by Crippen LogP contribution is 2.28. The summed E-state index contributed by atoms with van der Waals surface area (Å²) in [6.45, 7) is 5.03. The summed E-state index contributed by atoms with van der Waals surface area (Å²) in [6.07, 6.45) is 1.74. The molecule has 2 atom stereocenters. The summed E-state index contributed by atoms with van der Waals surface area (Å²) in [5, 5.41) is 15.2. The van der Waals surface area contributed by atoms with E-state index in [1.165, 1.54) is 0 Å². The number of amides is 1. The van der Waals surface area contributed by atoms with Crippen molar-refractivity contribution in [3.8, 4) is 0 Å². The standard InChI is InChI=1S/C10H20N2O2/c1-7(8(2)13)11-5-6-12-10(14)9-3-4-9/h7-9,11,13H,3-6H2,1-2H3,(H,12,14). The SMILES string of the molecule is CC(O)C(C)NCCNC(=O)C1CC1. The van der Waals surface area contributed by atoms with Crippen LogP contribution in [0.2, 0.25) is 0 Å². The van der Waals surface area contributed by atoms with Crippen molar-refractivity contribution in [1.29, 1.82) is 0 Å². The molecule has 0 radical (unpaired) electrons. The minimum atomic E-state index is -0.353. The second-order valence-electron chi connectivity index (χ2n) is 4.05. The number of aliphatic hydroxyl groups excluding tert-OH is 1. The molecule has 0 bridgehead atoms. The van der Waals surface area contributed by atoms with Gasteiger partial charge in [0.15, 0.2) is 0 Å². The smallest absolute Gasteiger partial charge is 0.223 e. The molecule has 0 spiro atoms. The van der Waals surface area contributed by atoms with Gasteiger partial charge in [0.25, 0.3) is 0 Å². The van der Waals surface area contributed by atoms with Crippen LogP contribution in [0.15, 0.2) is 0 Å². The van der Waals surface area contributed by atoms with Crippen molar-refractivity contribution in [3.63, 3.8) is 0 Å². The van der Waals surface area contributed by atoms with Gasteiger partial charge >= 0.3 is 0 Å². The first-order valence-corrected chi connectivity index (χ1v) is 5.30. The van der Waals surface area contributed by atoms with E-state index >= 15 is 0 Å². The molecule has 0 aromatic rings. The molecular formula is C10H20N2O2. The van der Waals surface area contributed by atoms with Crippen molar-refractivity contribution in [1.82, 2.24) is 10.6 Å². The van der Waals surface area contributed by atoms with E-state index in [1.807, 2.05) is 6.92 Å². The molecule has 14 heavy (non-hydrogen) atoms. The molecule has 2 unspecified atom stereocenters. The van der Waals surface area contributed by atoms with E-state index in [0.29, 0.717) is 13.1 Å². The Hall–Kier alpha value is -0.610. The minimum absolute atomic E-state index is 0.0767. The van der Waals surface area contributed by atoms with E-state index in [2.05, 4.69) is 10.6 Å². The van der Waals surface area contributed by atoms with Gasteiger partial charge in [-0.1, -0.05) is 0 Å². The molecule has 0 saturated heterocycles. The van der Waals surface area contributed by atoms with Crippen molar-refractivity contribution in [2.75, 3.05) is 13.1 Å². The normalized spacial score (nSPS) is 20.2. The van der Waals surface area contributed by atoms with Crippen LogP contribution in [0, 0.1) is 5.92 Å². The van der Waals surface area contributed by atoms with Crippen LogP contribution in [-0.4, -0.2) is 36.2 Å². The first kappa shape index (κ1) is 11.5. The maximum atomic E-state index is 11.2. The van der Waals surface area contributed by atoms with Gasteiger partial charge in [0.1, 0.15) is 0 Å². The molecule has 1 aliphatic carbocycles. The second kappa shape index (κ2) is 5.32. The van der Waals surface area contributed by atoms with Gasteiger partial charge in [-0.15, -0.1) is 0 Å². The fraction of sp³-hybridized carbons (Fsp3) is 0.900. The molecule has 1 fully saturated rings. The predicted molar refractivity (Wildman–Crippen MR) is 54.9 cm³/mol. The molecule has 0 aromatic carbocycles. The molecule has 82 valence electrons. The van der Waals surface area contributed by atoms with Crippen LogP contribution in [0.5, 0.6) is 0 Å². The summed E-state index contributed by atoms with van der Waals surface area (Å²) in [5.41, 5.74) is 0. The van der Waals surface area contributed by atoms with Gasteiger partial charge in [0.05, 0.1) is 6.10 Å². The maximum Gasteiger partial charge on any atom is 0.223 e. The van der Waals surface area contributed by atoms with Crippen molar-refractivity contribution in [2.45, 2.75) is 38.8 Å². The van der Waals surface area contributed by atoms with Crippen LogP contribution in [-0.2, 0) is 4.79 Å². The Kier molecular flexibility index (Phi) is 4.35. The van der Waals surface area contributed by atoms with E-state index in [9.17, 15) is 9.90 Å². The maximum absolute atomic E-state index is 11.2. The lowest BCUT2D eigenvalue weighted by Crippen LogP contribution is -2.40. The highest BCUT2D eigenvalue weighted by Gasteiger charge is 2.28. The Morgan fingerprint density at radius 2 is 2.07 bits per heavy atom. The molecule has 0 heterocycles. The lowest BCUT2D eigenvalue weighted by Gasteiger charge is -2.16. The Morgan fingerprint density at radius 1 is 1.43 bits per heavy atom. The van der Waals surface area contributed by atoms with Crippen LogP contribution in [0.1, 0.15) is 26.7 Å². The van der Waals surface area contributed by atoms with Crippen LogP contribution in [0.4, 0.5) is 0 Å². The lowest BCUT2D eigenvalue weighted by atomic mass is 10.2. The number of nitrogens with one attached hydrogen (secondary N) is 2. The number of carbonyl (C=O) groups excluding carboxylic acids is 1. The first-order chi connectivity index (χ1) is 6.61. The number of rotatable bonds is 6. The molecule has 4 heteroatoms. The van der Waals surface area contributed by atoms with E-state index < -0.39 is 0 Å². The average molecular weight is 200 g/mol. The van der Waals surface area contributed by atoms with Gasteiger partial charge in [-0.05, 0) is 26.7 Å². The molecule has 4 nitrogen and oxygen atoms in total. The Balaban J connectivity index is 1.95. The molecule has 1 aliphatic rings. The Morgan fingerprint density at radius 3 is 2.57 bits per heavy atom. The van der Waals surface area contributed by atoms with Crippen molar-refractivity contribution >= 4 is 5.91 Å². The minimum Gasteiger partial charge on any atom is -0.392 e. The van der Waals surface area contributed by atoms with Crippen LogP contribution < -0.4 is 10.6 Å². The summed E-state index contributed by atoms with van der Waals surface area (Å²) < 4.78 is 0. The number of hydrogen-bond donors (Lipinski definition) is 3. The third-order valence-corrected chi connectivity index (χ3v) is 2.56.